The van der Waals surface area contributed by atoms with E-state index in [2.05, 4.69) is 29.5 Å². The van der Waals surface area contributed by atoms with Gasteiger partial charge in [-0.25, -0.2) is 0 Å². The average molecular weight is 184 g/mol. The zero-order valence-corrected chi connectivity index (χ0v) is 8.47. The quantitative estimate of drug-likeness (QED) is 0.769. The maximum Gasteiger partial charge on any atom is 0.0325 e. The van der Waals surface area contributed by atoms with Crippen LogP contribution in [0.15, 0.2) is 17.5 Å². The first-order valence-corrected chi connectivity index (χ1v) is 5.03. The minimum absolute atomic E-state index is 0.259. The van der Waals surface area contributed by atoms with E-state index in [1.165, 1.54) is 4.88 Å². The highest BCUT2D eigenvalue weighted by Gasteiger charge is 2.02. The van der Waals surface area contributed by atoms with Gasteiger partial charge in [-0.2, -0.15) is 0 Å². The Morgan fingerprint density at radius 1 is 1.67 bits per heavy atom. The number of likely N-dealkylation sites (N-methyl/N-ethyl adjacent to an activating group) is 1. The van der Waals surface area contributed by atoms with Crippen molar-refractivity contribution in [3.63, 3.8) is 0 Å². The third-order valence-corrected chi connectivity index (χ3v) is 2.47. The molecule has 1 atom stereocenters. The first-order valence-electron chi connectivity index (χ1n) is 4.15. The first kappa shape index (κ1) is 9.71. The largest absolute Gasteiger partial charge is 0.327 e. The molecule has 1 rings (SSSR count). The molecule has 1 aromatic heterocycles. The summed E-state index contributed by atoms with van der Waals surface area (Å²) in [6.45, 7) is 4.00. The monoisotopic (exact) mass is 184 g/mol. The fourth-order valence-corrected chi connectivity index (χ4v) is 2.01. The van der Waals surface area contributed by atoms with Gasteiger partial charge < -0.3 is 5.73 Å². The van der Waals surface area contributed by atoms with Gasteiger partial charge in [0.1, 0.15) is 0 Å². The van der Waals surface area contributed by atoms with Crippen LogP contribution < -0.4 is 5.73 Å². The van der Waals surface area contributed by atoms with E-state index < -0.39 is 0 Å². The number of thiophene rings is 1. The number of nitrogens with two attached hydrogens (primary N) is 1. The molecule has 0 bridgehead atoms. The Morgan fingerprint density at radius 3 is 2.92 bits per heavy atom. The summed E-state index contributed by atoms with van der Waals surface area (Å²) in [7, 11) is 2.10. The van der Waals surface area contributed by atoms with Crippen LogP contribution in [0.5, 0.6) is 0 Å². The van der Waals surface area contributed by atoms with E-state index in [-0.39, 0.29) is 6.04 Å². The van der Waals surface area contributed by atoms with Crippen LogP contribution in [0.3, 0.4) is 0 Å². The smallest absolute Gasteiger partial charge is 0.0325 e. The molecule has 12 heavy (non-hydrogen) atoms. The summed E-state index contributed by atoms with van der Waals surface area (Å²) in [6, 6.07) is 4.50. The van der Waals surface area contributed by atoms with Crippen LogP contribution in [0.1, 0.15) is 11.8 Å². The fraction of sp³-hybridized carbons (Fsp3) is 0.556. The standard InChI is InChI=1S/C9H16N2S/c1-8(10)6-11(2)7-9-4-3-5-12-9/h3-5,8H,6-7,10H2,1-2H3. The zero-order valence-electron chi connectivity index (χ0n) is 7.66. The van der Waals surface area contributed by atoms with Crippen molar-refractivity contribution in [1.29, 1.82) is 0 Å². The van der Waals surface area contributed by atoms with Crippen LogP contribution in [0, 0.1) is 0 Å². The normalized spacial score (nSPS) is 13.7. The van der Waals surface area contributed by atoms with Crippen molar-refractivity contribution in [2.45, 2.75) is 19.5 Å². The highest BCUT2D eigenvalue weighted by Crippen LogP contribution is 2.10. The second-order valence-corrected chi connectivity index (χ2v) is 4.29. The molecule has 0 aromatic carbocycles. The molecule has 0 aliphatic carbocycles. The Morgan fingerprint density at radius 2 is 2.42 bits per heavy atom. The fourth-order valence-electron chi connectivity index (χ4n) is 1.22. The maximum atomic E-state index is 5.68. The molecule has 68 valence electrons. The van der Waals surface area contributed by atoms with E-state index in [0.29, 0.717) is 0 Å². The van der Waals surface area contributed by atoms with Gasteiger partial charge in [-0.15, -0.1) is 11.3 Å². The van der Waals surface area contributed by atoms with Crippen molar-refractivity contribution in [1.82, 2.24) is 4.90 Å². The van der Waals surface area contributed by atoms with Gasteiger partial charge in [0, 0.05) is 24.0 Å². The van der Waals surface area contributed by atoms with Crippen LogP contribution in [0.4, 0.5) is 0 Å². The summed E-state index contributed by atoms with van der Waals surface area (Å²) in [5.74, 6) is 0. The predicted octanol–water partition coefficient (Wildman–Crippen LogP) is 1.53. The Labute approximate surface area is 78.0 Å². The van der Waals surface area contributed by atoms with Gasteiger partial charge in [0.15, 0.2) is 0 Å². The molecule has 0 amide bonds. The van der Waals surface area contributed by atoms with Crippen molar-refractivity contribution >= 4 is 11.3 Å². The second kappa shape index (κ2) is 4.60. The average Bonchev–Trinajstić information content (AvgIpc) is 2.37. The van der Waals surface area contributed by atoms with Crippen molar-refractivity contribution < 1.29 is 0 Å². The van der Waals surface area contributed by atoms with E-state index in [4.69, 9.17) is 5.73 Å². The number of hydrogen-bond donors (Lipinski definition) is 1. The minimum Gasteiger partial charge on any atom is -0.327 e. The Bertz CT molecular complexity index is 206. The molecule has 0 spiro atoms. The minimum atomic E-state index is 0.259. The molecule has 1 aromatic rings. The van der Waals surface area contributed by atoms with E-state index in [9.17, 15) is 0 Å². The third kappa shape index (κ3) is 3.34. The van der Waals surface area contributed by atoms with Crippen LogP contribution in [0.2, 0.25) is 0 Å². The SMILES string of the molecule is CC(N)CN(C)Cc1cccs1. The lowest BCUT2D eigenvalue weighted by molar-refractivity contribution is 0.312. The number of rotatable bonds is 4. The zero-order chi connectivity index (χ0) is 8.97. The van der Waals surface area contributed by atoms with Crippen molar-refractivity contribution in [3.05, 3.63) is 22.4 Å². The lowest BCUT2D eigenvalue weighted by atomic mass is 10.3. The highest BCUT2D eigenvalue weighted by atomic mass is 32.1. The summed E-state index contributed by atoms with van der Waals surface area (Å²) < 4.78 is 0. The van der Waals surface area contributed by atoms with Gasteiger partial charge in [0.05, 0.1) is 0 Å². The molecule has 1 unspecified atom stereocenters. The lowest BCUT2D eigenvalue weighted by Crippen LogP contribution is -2.32. The van der Waals surface area contributed by atoms with Gasteiger partial charge in [-0.1, -0.05) is 6.07 Å². The summed E-state index contributed by atoms with van der Waals surface area (Å²) >= 11 is 1.80. The second-order valence-electron chi connectivity index (χ2n) is 3.25. The topological polar surface area (TPSA) is 29.3 Å². The predicted molar refractivity (Wildman–Crippen MR) is 54.3 cm³/mol. The van der Waals surface area contributed by atoms with Crippen molar-refractivity contribution in [2.24, 2.45) is 5.73 Å². The van der Waals surface area contributed by atoms with Gasteiger partial charge in [-0.05, 0) is 25.4 Å². The molecule has 0 saturated heterocycles. The van der Waals surface area contributed by atoms with Crippen LogP contribution in [-0.2, 0) is 6.54 Å². The first-order chi connectivity index (χ1) is 5.68. The Kier molecular flexibility index (Phi) is 3.72. The van der Waals surface area contributed by atoms with Crippen molar-refractivity contribution in [3.8, 4) is 0 Å². The van der Waals surface area contributed by atoms with Gasteiger partial charge in [0.25, 0.3) is 0 Å². The van der Waals surface area contributed by atoms with Gasteiger partial charge >= 0.3 is 0 Å². The Balaban J connectivity index is 2.32. The number of hydrogen-bond acceptors (Lipinski definition) is 3. The molecule has 0 radical (unpaired) electrons. The van der Waals surface area contributed by atoms with Crippen molar-refractivity contribution in [2.75, 3.05) is 13.6 Å². The van der Waals surface area contributed by atoms with E-state index in [0.717, 1.165) is 13.1 Å². The van der Waals surface area contributed by atoms with E-state index >= 15 is 0 Å². The Hall–Kier alpha value is -0.380. The molecule has 0 aliphatic rings. The van der Waals surface area contributed by atoms with Crippen LogP contribution in [0.25, 0.3) is 0 Å². The highest BCUT2D eigenvalue weighted by molar-refractivity contribution is 7.09. The summed E-state index contributed by atoms with van der Waals surface area (Å²) in [4.78, 5) is 3.65. The molecular weight excluding hydrogens is 168 g/mol. The third-order valence-electron chi connectivity index (χ3n) is 1.61. The molecule has 1 heterocycles. The van der Waals surface area contributed by atoms with E-state index in [1.807, 2.05) is 6.92 Å². The molecule has 2 nitrogen and oxygen atoms in total. The number of nitrogens with zero attached hydrogens (tertiary/aromatic N) is 1. The molecular formula is C9H16N2S. The van der Waals surface area contributed by atoms with Crippen LogP contribution >= 0.6 is 11.3 Å². The summed E-state index contributed by atoms with van der Waals surface area (Å²) in [5, 5.41) is 2.11. The molecule has 0 fully saturated rings. The van der Waals surface area contributed by atoms with E-state index in [1.54, 1.807) is 11.3 Å². The molecule has 0 aliphatic heterocycles. The summed E-state index contributed by atoms with van der Waals surface area (Å²) in [6.07, 6.45) is 0. The van der Waals surface area contributed by atoms with Gasteiger partial charge in [0.2, 0.25) is 0 Å². The molecule has 2 N–H and O–H groups in total. The molecule has 0 saturated carbocycles. The van der Waals surface area contributed by atoms with Crippen LogP contribution in [-0.4, -0.2) is 24.5 Å². The lowest BCUT2D eigenvalue weighted by Gasteiger charge is -2.17. The maximum absolute atomic E-state index is 5.68. The van der Waals surface area contributed by atoms with Gasteiger partial charge in [-0.3, -0.25) is 4.90 Å². The molecule has 3 heteroatoms. The summed E-state index contributed by atoms with van der Waals surface area (Å²) in [5.41, 5.74) is 5.68.